The first-order valence-electron chi connectivity index (χ1n) is 16.6. The van der Waals surface area contributed by atoms with Crippen LogP contribution < -0.4 is 0 Å². The summed E-state index contributed by atoms with van der Waals surface area (Å²) in [6.45, 7) is 14.0. The van der Waals surface area contributed by atoms with E-state index in [2.05, 4.69) is 19.6 Å². The topological polar surface area (TPSA) is 78.9 Å². The van der Waals surface area contributed by atoms with Crippen LogP contribution in [0.5, 0.6) is 0 Å². The predicted octanol–water partition coefficient (Wildman–Crippen LogP) is 11.2. The SMILES string of the molecule is C.COC(=O)C(C)(C)C(CC(=O)c1ccccc1)c1ccccc1.COC(O[Si](C)(C)C)=C(C)C.O=C(/C=C/c1ccccc1)c1ccccc1. The zero-order valence-electron chi connectivity index (χ0n) is 30.9. The number of carbonyl (C=O) groups excluding carboxylic acids is 3. The van der Waals surface area contributed by atoms with E-state index in [1.54, 1.807) is 25.3 Å². The predicted molar refractivity (Wildman–Crippen MR) is 213 cm³/mol. The number of ether oxygens (including phenoxy) is 2. The third kappa shape index (κ3) is 15.6. The fraction of sp³-hybridized carbons (Fsp3) is 0.295. The van der Waals surface area contributed by atoms with Crippen LogP contribution in [0.3, 0.4) is 0 Å². The molecule has 0 radical (unpaired) electrons. The van der Waals surface area contributed by atoms with Gasteiger partial charge in [-0.15, -0.1) is 0 Å². The highest BCUT2D eigenvalue weighted by Gasteiger charge is 2.40. The van der Waals surface area contributed by atoms with E-state index in [1.165, 1.54) is 7.11 Å². The summed E-state index contributed by atoms with van der Waals surface area (Å²) in [7, 11) is 1.53. The van der Waals surface area contributed by atoms with Gasteiger partial charge in [-0.05, 0) is 64.5 Å². The fourth-order valence-corrected chi connectivity index (χ4v) is 5.71. The van der Waals surface area contributed by atoms with Gasteiger partial charge in [0.05, 0.1) is 19.6 Å². The molecule has 0 bridgehead atoms. The third-order valence-corrected chi connectivity index (χ3v) is 8.35. The molecule has 0 saturated heterocycles. The van der Waals surface area contributed by atoms with Crippen LogP contribution >= 0.6 is 0 Å². The first kappa shape index (κ1) is 44.0. The Balaban J connectivity index is 0.000000406. The summed E-state index contributed by atoms with van der Waals surface area (Å²) < 4.78 is 15.7. The van der Waals surface area contributed by atoms with E-state index >= 15 is 0 Å². The maximum absolute atomic E-state index is 12.6. The maximum Gasteiger partial charge on any atom is 0.311 e. The molecule has 0 amide bonds. The van der Waals surface area contributed by atoms with Crippen LogP contribution in [0.25, 0.3) is 6.08 Å². The third-order valence-electron chi connectivity index (χ3n) is 7.55. The van der Waals surface area contributed by atoms with Gasteiger partial charge in [-0.2, -0.15) is 0 Å². The molecule has 0 aliphatic rings. The molecule has 0 spiro atoms. The van der Waals surface area contributed by atoms with Crippen molar-refractivity contribution in [2.45, 2.75) is 67.1 Å². The molecule has 7 heteroatoms. The molecule has 0 aromatic heterocycles. The van der Waals surface area contributed by atoms with Crippen LogP contribution in [0.15, 0.2) is 139 Å². The quantitative estimate of drug-likeness (QED) is 0.0479. The Morgan fingerprint density at radius 2 is 1.14 bits per heavy atom. The minimum atomic E-state index is -1.49. The lowest BCUT2D eigenvalue weighted by Gasteiger charge is -2.32. The minimum Gasteiger partial charge on any atom is -0.520 e. The molecule has 0 heterocycles. The van der Waals surface area contributed by atoms with E-state index in [4.69, 9.17) is 13.9 Å². The second-order valence-electron chi connectivity index (χ2n) is 13.4. The van der Waals surface area contributed by atoms with Gasteiger partial charge in [-0.25, -0.2) is 0 Å². The Hall–Kier alpha value is -5.01. The Bertz CT molecular complexity index is 1670. The van der Waals surface area contributed by atoms with Crippen molar-refractivity contribution in [1.29, 1.82) is 0 Å². The fourth-order valence-electron chi connectivity index (χ4n) is 4.87. The van der Waals surface area contributed by atoms with Gasteiger partial charge in [0.25, 0.3) is 5.95 Å². The van der Waals surface area contributed by atoms with Gasteiger partial charge < -0.3 is 13.9 Å². The summed E-state index contributed by atoms with van der Waals surface area (Å²) in [6, 6.07) is 37.9. The van der Waals surface area contributed by atoms with Gasteiger partial charge in [0.2, 0.25) is 8.32 Å². The molecule has 51 heavy (non-hydrogen) atoms. The number of allylic oxidation sites excluding steroid dienone is 2. The van der Waals surface area contributed by atoms with Crippen molar-refractivity contribution in [2.24, 2.45) is 5.41 Å². The maximum atomic E-state index is 12.6. The zero-order valence-corrected chi connectivity index (χ0v) is 31.9. The van der Waals surface area contributed by atoms with Gasteiger partial charge in [0.15, 0.2) is 11.6 Å². The van der Waals surface area contributed by atoms with Crippen molar-refractivity contribution in [3.05, 3.63) is 161 Å². The number of Topliss-reactive ketones (excluding diaryl/α,β-unsaturated/α-hetero) is 1. The number of carbonyl (C=O) groups is 3. The molecule has 4 rings (SSSR count). The summed E-state index contributed by atoms with van der Waals surface area (Å²) >= 11 is 0. The summed E-state index contributed by atoms with van der Waals surface area (Å²) in [5.74, 6) is 0.182. The lowest BCUT2D eigenvalue weighted by Crippen LogP contribution is -2.34. The number of hydrogen-bond acceptors (Lipinski definition) is 6. The van der Waals surface area contributed by atoms with Crippen molar-refractivity contribution >= 4 is 31.9 Å². The monoisotopic (exact) mass is 708 g/mol. The molecule has 1 unspecified atom stereocenters. The largest absolute Gasteiger partial charge is 0.520 e. The van der Waals surface area contributed by atoms with E-state index in [9.17, 15) is 14.4 Å². The van der Waals surface area contributed by atoms with Gasteiger partial charge in [0.1, 0.15) is 0 Å². The molecule has 4 aromatic rings. The Kier molecular flexibility index (Phi) is 18.9. The summed E-state index contributed by atoms with van der Waals surface area (Å²) in [4.78, 5) is 36.6. The van der Waals surface area contributed by atoms with Crippen molar-refractivity contribution in [3.63, 3.8) is 0 Å². The van der Waals surface area contributed by atoms with Crippen LogP contribution in [-0.2, 0) is 18.7 Å². The average molecular weight is 709 g/mol. The lowest BCUT2D eigenvalue weighted by atomic mass is 9.72. The Morgan fingerprint density at radius 3 is 1.55 bits per heavy atom. The Morgan fingerprint density at radius 1 is 0.686 bits per heavy atom. The van der Waals surface area contributed by atoms with Gasteiger partial charge in [-0.3, -0.25) is 14.4 Å². The van der Waals surface area contributed by atoms with Gasteiger partial charge >= 0.3 is 5.97 Å². The molecular formula is C44H56O6Si. The number of methoxy groups -OCH3 is 2. The summed E-state index contributed by atoms with van der Waals surface area (Å²) in [6.07, 6.45) is 3.69. The summed E-state index contributed by atoms with van der Waals surface area (Å²) in [5.41, 5.74) is 3.68. The van der Waals surface area contributed by atoms with Crippen molar-refractivity contribution in [2.75, 3.05) is 14.2 Å². The van der Waals surface area contributed by atoms with E-state index in [1.807, 2.05) is 143 Å². The van der Waals surface area contributed by atoms with E-state index in [0.717, 1.165) is 22.3 Å². The first-order valence-corrected chi connectivity index (χ1v) is 20.0. The average Bonchev–Trinajstić information content (AvgIpc) is 3.12. The normalized spacial score (nSPS) is 11.2. The van der Waals surface area contributed by atoms with Gasteiger partial charge in [-0.1, -0.05) is 135 Å². The van der Waals surface area contributed by atoms with Crippen LogP contribution in [0.1, 0.15) is 79.3 Å². The molecule has 0 aliphatic carbocycles. The Labute approximate surface area is 307 Å². The second-order valence-corrected chi connectivity index (χ2v) is 17.8. The number of esters is 1. The number of hydrogen-bond donors (Lipinski definition) is 0. The smallest absolute Gasteiger partial charge is 0.311 e. The van der Waals surface area contributed by atoms with Crippen LogP contribution in [0, 0.1) is 5.41 Å². The second kappa shape index (κ2) is 21.9. The van der Waals surface area contributed by atoms with Crippen LogP contribution in [0.4, 0.5) is 0 Å². The van der Waals surface area contributed by atoms with Crippen molar-refractivity contribution in [3.8, 4) is 0 Å². The van der Waals surface area contributed by atoms with Crippen LogP contribution in [0.2, 0.25) is 19.6 Å². The summed E-state index contributed by atoms with van der Waals surface area (Å²) in [5, 5.41) is 0. The van der Waals surface area contributed by atoms with E-state index in [-0.39, 0.29) is 37.3 Å². The van der Waals surface area contributed by atoms with E-state index < -0.39 is 13.7 Å². The zero-order chi connectivity index (χ0) is 37.2. The molecule has 0 aliphatic heterocycles. The molecule has 0 saturated carbocycles. The highest BCUT2D eigenvalue weighted by atomic mass is 28.4. The number of benzene rings is 4. The molecule has 1 atom stereocenters. The van der Waals surface area contributed by atoms with Gasteiger partial charge in [0, 0.05) is 29.0 Å². The molecule has 272 valence electrons. The molecular weight excluding hydrogens is 653 g/mol. The van der Waals surface area contributed by atoms with Crippen molar-refractivity contribution in [1.82, 2.24) is 0 Å². The van der Waals surface area contributed by atoms with Crippen molar-refractivity contribution < 1.29 is 28.3 Å². The first-order chi connectivity index (χ1) is 23.7. The number of ketones is 2. The molecule has 6 nitrogen and oxygen atoms in total. The highest BCUT2D eigenvalue weighted by molar-refractivity contribution is 6.70. The molecule has 4 aromatic carbocycles. The highest BCUT2D eigenvalue weighted by Crippen LogP contribution is 2.40. The molecule has 0 N–H and O–H groups in total. The minimum absolute atomic E-state index is 0. The number of rotatable bonds is 12. The van der Waals surface area contributed by atoms with E-state index in [0.29, 0.717) is 11.5 Å². The molecule has 0 fully saturated rings. The lowest BCUT2D eigenvalue weighted by molar-refractivity contribution is -0.152. The standard InChI is InChI=1S/C20H22O3.C15H12O.C8H18O2Si.CH4/c1-20(2,19(22)23-3)17(15-10-6-4-7-11-15)14-18(21)16-12-8-5-9-13-16;16-15(14-9-5-2-6-10-14)12-11-13-7-3-1-4-8-13;1-7(2)8(9-3)10-11(4,5)6;/h4-13,17H,14H2,1-3H3;1-12H;1-6H3;1H4/b;12-11+;;. The van der Waals surface area contributed by atoms with Crippen LogP contribution in [-0.4, -0.2) is 40.1 Å².